The molecule has 2 unspecified atom stereocenters. The number of methoxy groups -OCH3 is 2. The number of ether oxygens (including phenoxy) is 4. The second-order valence-electron chi connectivity index (χ2n) is 2.44. The van der Waals surface area contributed by atoms with E-state index in [-0.39, 0.29) is 13.2 Å². The summed E-state index contributed by atoms with van der Waals surface area (Å²) in [5.74, 6) is -4.68. The minimum absolute atomic E-state index is 0.128. The number of hydrogen-bond acceptors (Lipinski definition) is 6. The molecule has 0 aliphatic heterocycles. The fourth-order valence-corrected chi connectivity index (χ4v) is 0.949. The SMILES string of the molecule is CCOC(O)(OC)C(O)(OC)OCC. The molecule has 0 aromatic rings. The topological polar surface area (TPSA) is 77.4 Å². The third-order valence-electron chi connectivity index (χ3n) is 1.63. The highest BCUT2D eigenvalue weighted by atomic mass is 16.9. The van der Waals surface area contributed by atoms with Gasteiger partial charge >= 0.3 is 11.9 Å². The van der Waals surface area contributed by atoms with Crippen molar-refractivity contribution >= 4 is 0 Å². The molecule has 0 saturated carbocycles. The summed E-state index contributed by atoms with van der Waals surface area (Å²) in [6.45, 7) is 3.52. The van der Waals surface area contributed by atoms with Crippen molar-refractivity contribution in [3.8, 4) is 0 Å². The van der Waals surface area contributed by atoms with Crippen LogP contribution in [0.4, 0.5) is 0 Å². The first-order valence-corrected chi connectivity index (χ1v) is 4.32. The Hall–Kier alpha value is -0.240. The van der Waals surface area contributed by atoms with Gasteiger partial charge in [-0.25, -0.2) is 0 Å². The molecule has 0 bridgehead atoms. The number of aliphatic hydroxyl groups is 2. The van der Waals surface area contributed by atoms with Gasteiger partial charge in [-0.1, -0.05) is 0 Å². The average molecular weight is 210 g/mol. The van der Waals surface area contributed by atoms with E-state index < -0.39 is 11.9 Å². The molecule has 2 atom stereocenters. The molecule has 2 N–H and O–H groups in total. The Balaban J connectivity index is 4.73. The highest BCUT2D eigenvalue weighted by molar-refractivity contribution is 4.67. The maximum Gasteiger partial charge on any atom is 0.367 e. The highest BCUT2D eigenvalue weighted by Gasteiger charge is 2.55. The summed E-state index contributed by atoms with van der Waals surface area (Å²) >= 11 is 0. The lowest BCUT2D eigenvalue weighted by Gasteiger charge is -2.38. The quantitative estimate of drug-likeness (QED) is 0.559. The first-order valence-electron chi connectivity index (χ1n) is 4.32. The lowest BCUT2D eigenvalue weighted by Crippen LogP contribution is -2.60. The first-order chi connectivity index (χ1) is 6.49. The number of rotatable bonds is 7. The van der Waals surface area contributed by atoms with Crippen molar-refractivity contribution in [2.45, 2.75) is 25.8 Å². The van der Waals surface area contributed by atoms with E-state index in [2.05, 4.69) is 9.47 Å². The summed E-state index contributed by atoms with van der Waals surface area (Å²) in [7, 11) is 2.33. The van der Waals surface area contributed by atoms with Gasteiger partial charge in [0.25, 0.3) is 0 Å². The molecule has 86 valence electrons. The van der Waals surface area contributed by atoms with Crippen LogP contribution in [0.2, 0.25) is 0 Å². The normalized spacial score (nSPS) is 20.1. The zero-order chi connectivity index (χ0) is 11.2. The first kappa shape index (κ1) is 13.8. The molecule has 0 aliphatic carbocycles. The zero-order valence-corrected chi connectivity index (χ0v) is 8.94. The molecule has 0 heterocycles. The van der Waals surface area contributed by atoms with Crippen LogP contribution in [0.3, 0.4) is 0 Å². The molecule has 0 spiro atoms. The van der Waals surface area contributed by atoms with Gasteiger partial charge in [0.1, 0.15) is 0 Å². The lowest BCUT2D eigenvalue weighted by molar-refractivity contribution is -0.537. The Kier molecular flexibility index (Phi) is 5.50. The Labute approximate surface area is 83.3 Å². The standard InChI is InChI=1S/C8H18O6/c1-5-13-7(9,11-3)8(10,12-4)14-6-2/h9-10H,5-6H2,1-4H3. The highest BCUT2D eigenvalue weighted by Crippen LogP contribution is 2.26. The van der Waals surface area contributed by atoms with Crippen molar-refractivity contribution < 1.29 is 29.2 Å². The molecule has 0 rings (SSSR count). The summed E-state index contributed by atoms with van der Waals surface area (Å²) in [6, 6.07) is 0. The Morgan fingerprint density at radius 1 is 0.857 bits per heavy atom. The Morgan fingerprint density at radius 3 is 1.29 bits per heavy atom. The number of hydrogen-bond donors (Lipinski definition) is 2. The van der Waals surface area contributed by atoms with E-state index in [0.29, 0.717) is 0 Å². The van der Waals surface area contributed by atoms with E-state index in [0.717, 1.165) is 0 Å². The minimum Gasteiger partial charge on any atom is -0.337 e. The Morgan fingerprint density at radius 2 is 1.14 bits per heavy atom. The van der Waals surface area contributed by atoms with Gasteiger partial charge in [-0.15, -0.1) is 0 Å². The second-order valence-corrected chi connectivity index (χ2v) is 2.44. The smallest absolute Gasteiger partial charge is 0.337 e. The van der Waals surface area contributed by atoms with Gasteiger partial charge in [0.05, 0.1) is 0 Å². The predicted molar refractivity (Wildman–Crippen MR) is 47.2 cm³/mol. The van der Waals surface area contributed by atoms with Crippen LogP contribution in [-0.4, -0.2) is 49.6 Å². The third kappa shape index (κ3) is 2.63. The molecule has 14 heavy (non-hydrogen) atoms. The minimum atomic E-state index is -2.34. The van der Waals surface area contributed by atoms with Gasteiger partial charge in [0.2, 0.25) is 0 Å². The largest absolute Gasteiger partial charge is 0.367 e. The van der Waals surface area contributed by atoms with Crippen LogP contribution in [0.25, 0.3) is 0 Å². The van der Waals surface area contributed by atoms with Crippen molar-refractivity contribution in [1.29, 1.82) is 0 Å². The van der Waals surface area contributed by atoms with Crippen LogP contribution in [0.15, 0.2) is 0 Å². The molecule has 0 aromatic carbocycles. The predicted octanol–water partition coefficient (Wildman–Crippen LogP) is -0.356. The van der Waals surface area contributed by atoms with Gasteiger partial charge in [-0.2, -0.15) is 0 Å². The van der Waals surface area contributed by atoms with Crippen LogP contribution < -0.4 is 0 Å². The molecule has 0 radical (unpaired) electrons. The van der Waals surface area contributed by atoms with Crippen LogP contribution in [0, 0.1) is 0 Å². The molecule has 0 fully saturated rings. The van der Waals surface area contributed by atoms with Gasteiger partial charge in [-0.05, 0) is 13.8 Å². The van der Waals surface area contributed by atoms with Gasteiger partial charge in [-0.3, -0.25) is 0 Å². The third-order valence-corrected chi connectivity index (χ3v) is 1.63. The fraction of sp³-hybridized carbons (Fsp3) is 1.00. The van der Waals surface area contributed by atoms with Crippen LogP contribution in [0.5, 0.6) is 0 Å². The van der Waals surface area contributed by atoms with Crippen molar-refractivity contribution in [1.82, 2.24) is 0 Å². The molecular weight excluding hydrogens is 192 g/mol. The van der Waals surface area contributed by atoms with E-state index in [1.54, 1.807) is 13.8 Å². The summed E-state index contributed by atoms with van der Waals surface area (Å²) < 4.78 is 18.9. The van der Waals surface area contributed by atoms with E-state index >= 15 is 0 Å². The molecule has 0 aromatic heterocycles. The van der Waals surface area contributed by atoms with Gasteiger partial charge < -0.3 is 29.2 Å². The summed E-state index contributed by atoms with van der Waals surface area (Å²) in [4.78, 5) is 0. The molecule has 0 saturated heterocycles. The lowest BCUT2D eigenvalue weighted by atomic mass is 10.4. The molecule has 6 heteroatoms. The van der Waals surface area contributed by atoms with Crippen molar-refractivity contribution in [2.24, 2.45) is 0 Å². The summed E-state index contributed by atoms with van der Waals surface area (Å²) in [5.41, 5.74) is 0. The summed E-state index contributed by atoms with van der Waals surface area (Å²) in [6.07, 6.45) is 0. The van der Waals surface area contributed by atoms with Crippen LogP contribution in [0.1, 0.15) is 13.8 Å². The maximum absolute atomic E-state index is 9.73. The Bertz CT molecular complexity index is 146. The second kappa shape index (κ2) is 5.59. The summed E-state index contributed by atoms with van der Waals surface area (Å²) in [5, 5.41) is 19.5. The van der Waals surface area contributed by atoms with Gasteiger partial charge in [0, 0.05) is 27.4 Å². The van der Waals surface area contributed by atoms with Crippen molar-refractivity contribution in [3.05, 3.63) is 0 Å². The van der Waals surface area contributed by atoms with E-state index in [4.69, 9.17) is 9.47 Å². The van der Waals surface area contributed by atoms with Crippen LogP contribution >= 0.6 is 0 Å². The maximum atomic E-state index is 9.73. The van der Waals surface area contributed by atoms with Crippen LogP contribution in [-0.2, 0) is 18.9 Å². The van der Waals surface area contributed by atoms with E-state index in [1.165, 1.54) is 14.2 Å². The van der Waals surface area contributed by atoms with E-state index in [1.807, 2.05) is 0 Å². The van der Waals surface area contributed by atoms with Crippen molar-refractivity contribution in [3.63, 3.8) is 0 Å². The monoisotopic (exact) mass is 210 g/mol. The van der Waals surface area contributed by atoms with Crippen molar-refractivity contribution in [2.75, 3.05) is 27.4 Å². The fourth-order valence-electron chi connectivity index (χ4n) is 0.949. The molecular formula is C8H18O6. The molecule has 0 amide bonds. The average Bonchev–Trinajstić information content (AvgIpc) is 2.18. The van der Waals surface area contributed by atoms with E-state index in [9.17, 15) is 10.2 Å². The molecule has 0 aliphatic rings. The van der Waals surface area contributed by atoms with Gasteiger partial charge in [0.15, 0.2) is 0 Å². The zero-order valence-electron chi connectivity index (χ0n) is 8.94. The molecule has 6 nitrogen and oxygen atoms in total.